The molecule has 2 saturated heterocycles. The monoisotopic (exact) mass is 711 g/mol. The van der Waals surface area contributed by atoms with Gasteiger partial charge in [-0.1, -0.05) is 43.3 Å². The van der Waals surface area contributed by atoms with Gasteiger partial charge in [0.15, 0.2) is 11.5 Å². The smallest absolute Gasteiger partial charge is 0.278 e. The van der Waals surface area contributed by atoms with Gasteiger partial charge < -0.3 is 15.5 Å². The van der Waals surface area contributed by atoms with Gasteiger partial charge in [0.05, 0.1) is 12.5 Å². The van der Waals surface area contributed by atoms with Crippen molar-refractivity contribution in [3.8, 4) is 5.82 Å². The maximum atomic E-state index is 13.5. The Morgan fingerprint density at radius 2 is 1.72 bits per heavy atom. The summed E-state index contributed by atoms with van der Waals surface area (Å²) in [6.07, 6.45) is 9.49. The van der Waals surface area contributed by atoms with E-state index < -0.39 is 0 Å². The van der Waals surface area contributed by atoms with E-state index in [1.54, 1.807) is 21.6 Å². The normalized spacial score (nSPS) is 19.0. The van der Waals surface area contributed by atoms with E-state index in [0.29, 0.717) is 54.1 Å². The number of amides is 2. The summed E-state index contributed by atoms with van der Waals surface area (Å²) in [7, 11) is 0. The molecule has 3 N–H and O–H groups in total. The Kier molecular flexibility index (Phi) is 9.61. The van der Waals surface area contributed by atoms with Gasteiger partial charge in [-0.25, -0.2) is 19.3 Å². The summed E-state index contributed by atoms with van der Waals surface area (Å²) in [5.41, 5.74) is 6.89. The van der Waals surface area contributed by atoms with Crippen molar-refractivity contribution in [3.63, 3.8) is 0 Å². The highest BCUT2D eigenvalue weighted by Crippen LogP contribution is 2.35. The van der Waals surface area contributed by atoms with E-state index in [9.17, 15) is 14.4 Å². The molecule has 0 radical (unpaired) electrons. The molecule has 2 unspecified atom stereocenters. The molecule has 8 rings (SSSR count). The van der Waals surface area contributed by atoms with Crippen LogP contribution in [0.4, 0.5) is 17.3 Å². The van der Waals surface area contributed by atoms with E-state index in [-0.39, 0.29) is 23.3 Å². The lowest BCUT2D eigenvalue weighted by atomic mass is 9.90. The van der Waals surface area contributed by atoms with Crippen LogP contribution in [-0.4, -0.2) is 55.3 Å². The summed E-state index contributed by atoms with van der Waals surface area (Å²) in [4.78, 5) is 54.0. The van der Waals surface area contributed by atoms with Crippen molar-refractivity contribution in [1.29, 1.82) is 0 Å². The van der Waals surface area contributed by atoms with Gasteiger partial charge >= 0.3 is 0 Å². The molecule has 0 saturated carbocycles. The molecule has 0 spiro atoms. The molecule has 3 aromatic heterocycles. The lowest BCUT2D eigenvalue weighted by molar-refractivity contribution is -0.134. The first kappa shape index (κ1) is 34.5. The van der Waals surface area contributed by atoms with Gasteiger partial charge in [-0.2, -0.15) is 4.98 Å². The van der Waals surface area contributed by atoms with Crippen LogP contribution in [0.15, 0.2) is 84.3 Å². The van der Waals surface area contributed by atoms with Crippen LogP contribution in [0.2, 0.25) is 0 Å². The molecular weight excluding hydrogens is 667 g/mol. The molecule has 3 aliphatic rings. The van der Waals surface area contributed by atoms with Crippen LogP contribution in [0, 0.1) is 0 Å². The first-order chi connectivity index (χ1) is 25.9. The number of benzene rings is 2. The Labute approximate surface area is 308 Å². The first-order valence-electron chi connectivity index (χ1n) is 18.8. The molecule has 2 fully saturated rings. The lowest BCUT2D eigenvalue weighted by Gasteiger charge is -2.34. The number of anilines is 3. The number of fused-ring (bicyclic) bond motifs is 2. The van der Waals surface area contributed by atoms with E-state index in [1.807, 2.05) is 30.3 Å². The molecule has 5 aromatic rings. The zero-order chi connectivity index (χ0) is 36.5. The molecule has 272 valence electrons. The summed E-state index contributed by atoms with van der Waals surface area (Å²) in [5.74, 6) is 0.857. The van der Waals surface area contributed by atoms with E-state index >= 15 is 0 Å². The minimum atomic E-state index is -0.255. The molecular formula is C41H45N9O3. The van der Waals surface area contributed by atoms with E-state index in [0.717, 1.165) is 74.4 Å². The first-order valence-corrected chi connectivity index (χ1v) is 18.8. The van der Waals surface area contributed by atoms with Gasteiger partial charge in [0, 0.05) is 61.3 Å². The number of carbonyl (C=O) groups is 2. The van der Waals surface area contributed by atoms with Crippen molar-refractivity contribution < 1.29 is 9.59 Å². The third-order valence-electron chi connectivity index (χ3n) is 11.0. The zero-order valence-corrected chi connectivity index (χ0v) is 30.1. The van der Waals surface area contributed by atoms with Gasteiger partial charge in [-0.15, -0.1) is 6.58 Å². The average Bonchev–Trinajstić information content (AvgIpc) is 3.72. The lowest BCUT2D eigenvalue weighted by Crippen LogP contribution is -2.42. The van der Waals surface area contributed by atoms with Crippen LogP contribution < -0.4 is 26.4 Å². The number of carbonyl (C=O) groups excluding carboxylic acids is 2. The van der Waals surface area contributed by atoms with Gasteiger partial charge in [-0.05, 0) is 85.5 Å². The standard InChI is InChI=1S/C41H45N9O3/c1-3-21-49-40(53)34-25-43-41(47-38(34)50(49)35-17-11-29-10-9-27(4-2)37(29)45-35)44-31-12-14-32(15-13-31)48-22-19-30(20-23-48)42-24-26-5-7-28(8-6-26)33-16-18-36(51)46-39(33)52/h3,5-8,11-15,17,25,27,30,33,42H,1,4,9-10,16,18-24H2,2H3,(H,43,44,47)(H,46,51,52). The second-order valence-electron chi connectivity index (χ2n) is 14.3. The maximum absolute atomic E-state index is 13.5. The minimum Gasteiger partial charge on any atom is -0.371 e. The van der Waals surface area contributed by atoms with Crippen LogP contribution in [0.1, 0.15) is 79.7 Å². The fourth-order valence-corrected chi connectivity index (χ4v) is 8.02. The molecule has 2 atom stereocenters. The third kappa shape index (κ3) is 6.98. The predicted molar refractivity (Wildman–Crippen MR) is 206 cm³/mol. The molecule has 0 bridgehead atoms. The number of aryl methyl sites for hydroxylation is 1. The van der Waals surface area contributed by atoms with E-state index in [4.69, 9.17) is 9.97 Å². The number of aromatic nitrogens is 5. The van der Waals surface area contributed by atoms with Crippen molar-refractivity contribution in [2.24, 2.45) is 0 Å². The fourth-order valence-electron chi connectivity index (χ4n) is 8.02. The topological polar surface area (TPSA) is 139 Å². The van der Waals surface area contributed by atoms with Crippen molar-refractivity contribution in [2.45, 2.75) is 82.8 Å². The van der Waals surface area contributed by atoms with Crippen LogP contribution in [-0.2, 0) is 29.1 Å². The second-order valence-corrected chi connectivity index (χ2v) is 14.3. The molecule has 2 amide bonds. The molecule has 2 aromatic carbocycles. The Morgan fingerprint density at radius 3 is 2.45 bits per heavy atom. The fraction of sp³-hybridized carbons (Fsp3) is 0.366. The highest BCUT2D eigenvalue weighted by Gasteiger charge is 2.28. The number of allylic oxidation sites excluding steroid dienone is 1. The van der Waals surface area contributed by atoms with Crippen molar-refractivity contribution >= 4 is 40.2 Å². The third-order valence-corrected chi connectivity index (χ3v) is 11.0. The number of nitrogens with one attached hydrogen (secondary N) is 3. The number of hydrogen-bond donors (Lipinski definition) is 3. The molecule has 53 heavy (non-hydrogen) atoms. The van der Waals surface area contributed by atoms with Gasteiger partial charge in [0.25, 0.3) is 5.56 Å². The molecule has 2 aliphatic heterocycles. The molecule has 1 aliphatic carbocycles. The second kappa shape index (κ2) is 14.8. The minimum absolute atomic E-state index is 0.176. The summed E-state index contributed by atoms with van der Waals surface area (Å²) in [5, 5.41) is 9.93. The van der Waals surface area contributed by atoms with Crippen LogP contribution in [0.3, 0.4) is 0 Å². The predicted octanol–water partition coefficient (Wildman–Crippen LogP) is 5.63. The van der Waals surface area contributed by atoms with E-state index in [1.165, 1.54) is 11.1 Å². The summed E-state index contributed by atoms with van der Waals surface area (Å²) < 4.78 is 3.43. The van der Waals surface area contributed by atoms with Crippen molar-refractivity contribution in [2.75, 3.05) is 23.3 Å². The van der Waals surface area contributed by atoms with Gasteiger partial charge in [0.2, 0.25) is 17.8 Å². The Balaban J connectivity index is 0.896. The number of hydrogen-bond acceptors (Lipinski definition) is 9. The summed E-state index contributed by atoms with van der Waals surface area (Å²) in [6.45, 7) is 9.07. The number of piperidine rings is 2. The zero-order valence-electron chi connectivity index (χ0n) is 30.1. The number of rotatable bonds is 11. The molecule has 12 heteroatoms. The number of nitrogens with zero attached hydrogens (tertiary/aromatic N) is 6. The van der Waals surface area contributed by atoms with Crippen LogP contribution in [0.25, 0.3) is 16.9 Å². The van der Waals surface area contributed by atoms with Crippen LogP contribution >= 0.6 is 0 Å². The average molecular weight is 712 g/mol. The van der Waals surface area contributed by atoms with Gasteiger partial charge in [0.1, 0.15) is 5.39 Å². The quantitative estimate of drug-likeness (QED) is 0.118. The maximum Gasteiger partial charge on any atom is 0.278 e. The highest BCUT2D eigenvalue weighted by molar-refractivity contribution is 6.00. The highest BCUT2D eigenvalue weighted by atomic mass is 16.2. The molecule has 5 heterocycles. The summed E-state index contributed by atoms with van der Waals surface area (Å²) >= 11 is 0. The Bertz CT molecular complexity index is 2220. The van der Waals surface area contributed by atoms with Crippen LogP contribution in [0.5, 0.6) is 0 Å². The largest absolute Gasteiger partial charge is 0.371 e. The number of imide groups is 1. The summed E-state index contributed by atoms with van der Waals surface area (Å²) in [6, 6.07) is 21.0. The Morgan fingerprint density at radius 1 is 0.925 bits per heavy atom. The van der Waals surface area contributed by atoms with Crippen molar-refractivity contribution in [3.05, 3.63) is 112 Å². The SMILES string of the molecule is C=CCn1c(=O)c2cnc(Nc3ccc(N4CCC(NCc5ccc(C6CCC(=O)NC6=O)cc5)CC4)cc3)nc2n1-c1ccc2c(n1)C(CC)CC2. The number of pyridine rings is 1. The van der Waals surface area contributed by atoms with E-state index in [2.05, 4.69) is 69.7 Å². The van der Waals surface area contributed by atoms with Gasteiger partial charge in [-0.3, -0.25) is 19.7 Å². The molecule has 12 nitrogen and oxygen atoms in total. The Hall–Kier alpha value is -5.62. The van der Waals surface area contributed by atoms with Crippen molar-refractivity contribution in [1.82, 2.24) is 34.9 Å².